The fourth-order valence-corrected chi connectivity index (χ4v) is 2.75. The SMILES string of the molecule is CCOC1OC2(CC=C1C)C(=O)c1ccccc1C2=O. The van der Waals surface area contributed by atoms with Crippen LogP contribution in [0.1, 0.15) is 41.0 Å². The van der Waals surface area contributed by atoms with Crippen LogP contribution in [0.25, 0.3) is 0 Å². The zero-order valence-corrected chi connectivity index (χ0v) is 11.5. The van der Waals surface area contributed by atoms with Gasteiger partial charge in [-0.25, -0.2) is 0 Å². The lowest BCUT2D eigenvalue weighted by molar-refractivity contribution is -0.163. The van der Waals surface area contributed by atoms with Gasteiger partial charge in [0.15, 0.2) is 11.9 Å². The highest BCUT2D eigenvalue weighted by Crippen LogP contribution is 2.40. The molecule has 4 heteroatoms. The fraction of sp³-hybridized carbons (Fsp3) is 0.375. The van der Waals surface area contributed by atoms with E-state index in [0.717, 1.165) is 5.57 Å². The normalized spacial score (nSPS) is 23.9. The molecular formula is C16H16O4. The van der Waals surface area contributed by atoms with Crippen LogP contribution in [-0.4, -0.2) is 30.1 Å². The molecule has 0 saturated heterocycles. The van der Waals surface area contributed by atoms with Crippen LogP contribution in [0.4, 0.5) is 0 Å². The summed E-state index contributed by atoms with van der Waals surface area (Å²) >= 11 is 0. The second-order valence-electron chi connectivity index (χ2n) is 5.09. The first-order chi connectivity index (χ1) is 9.60. The lowest BCUT2D eigenvalue weighted by Gasteiger charge is -2.34. The molecule has 20 heavy (non-hydrogen) atoms. The minimum Gasteiger partial charge on any atom is -0.349 e. The smallest absolute Gasteiger partial charge is 0.203 e. The molecule has 0 bridgehead atoms. The Bertz CT molecular complexity index is 580. The summed E-state index contributed by atoms with van der Waals surface area (Å²) < 4.78 is 11.3. The first-order valence-electron chi connectivity index (χ1n) is 6.75. The van der Waals surface area contributed by atoms with Crippen LogP contribution in [0.2, 0.25) is 0 Å². The molecule has 1 spiro atoms. The minimum atomic E-state index is -1.43. The number of fused-ring (bicyclic) bond motifs is 1. The van der Waals surface area contributed by atoms with Crippen LogP contribution >= 0.6 is 0 Å². The third kappa shape index (κ3) is 1.69. The molecule has 1 aliphatic carbocycles. The van der Waals surface area contributed by atoms with Gasteiger partial charge in [0.2, 0.25) is 11.6 Å². The molecule has 2 aliphatic rings. The van der Waals surface area contributed by atoms with Crippen LogP contribution in [-0.2, 0) is 9.47 Å². The molecule has 104 valence electrons. The number of carbonyl (C=O) groups is 2. The monoisotopic (exact) mass is 272 g/mol. The standard InChI is InChI=1S/C16H16O4/c1-3-19-15-10(2)8-9-16(20-15)13(17)11-6-4-5-7-12(11)14(16)18/h4-8,15H,3,9H2,1-2H3. The third-order valence-electron chi connectivity index (χ3n) is 3.86. The van der Waals surface area contributed by atoms with Crippen molar-refractivity contribution < 1.29 is 19.1 Å². The Hall–Kier alpha value is -1.78. The van der Waals surface area contributed by atoms with E-state index in [4.69, 9.17) is 9.47 Å². The molecular weight excluding hydrogens is 256 g/mol. The second-order valence-corrected chi connectivity index (χ2v) is 5.09. The molecule has 0 fully saturated rings. The molecule has 1 aromatic rings. The van der Waals surface area contributed by atoms with E-state index in [2.05, 4.69) is 0 Å². The average Bonchev–Trinajstić information content (AvgIpc) is 2.67. The summed E-state index contributed by atoms with van der Waals surface area (Å²) in [4.78, 5) is 25.2. The van der Waals surface area contributed by atoms with Gasteiger partial charge in [-0.05, 0) is 19.4 Å². The largest absolute Gasteiger partial charge is 0.349 e. The summed E-state index contributed by atoms with van der Waals surface area (Å²) in [5.74, 6) is -0.516. The number of carbonyl (C=O) groups excluding carboxylic acids is 2. The molecule has 1 aliphatic heterocycles. The summed E-state index contributed by atoms with van der Waals surface area (Å²) in [5, 5.41) is 0. The van der Waals surface area contributed by atoms with Gasteiger partial charge in [-0.2, -0.15) is 0 Å². The van der Waals surface area contributed by atoms with Crippen molar-refractivity contribution in [2.24, 2.45) is 0 Å². The topological polar surface area (TPSA) is 52.6 Å². The third-order valence-corrected chi connectivity index (χ3v) is 3.86. The fourth-order valence-electron chi connectivity index (χ4n) is 2.75. The van der Waals surface area contributed by atoms with Gasteiger partial charge in [0.25, 0.3) is 0 Å². The summed E-state index contributed by atoms with van der Waals surface area (Å²) in [6, 6.07) is 6.86. The number of ether oxygens (including phenoxy) is 2. The van der Waals surface area contributed by atoms with Gasteiger partial charge in [-0.3, -0.25) is 9.59 Å². The Kier molecular flexibility index (Phi) is 3.07. The maximum atomic E-state index is 12.6. The Balaban J connectivity index is 2.03. The van der Waals surface area contributed by atoms with Crippen molar-refractivity contribution in [1.29, 1.82) is 0 Å². The zero-order valence-electron chi connectivity index (χ0n) is 11.5. The number of hydrogen-bond acceptors (Lipinski definition) is 4. The number of rotatable bonds is 2. The predicted molar refractivity (Wildman–Crippen MR) is 72.7 cm³/mol. The van der Waals surface area contributed by atoms with E-state index in [0.29, 0.717) is 17.7 Å². The maximum absolute atomic E-state index is 12.6. The van der Waals surface area contributed by atoms with Crippen LogP contribution in [0.5, 0.6) is 0 Å². The van der Waals surface area contributed by atoms with E-state index < -0.39 is 11.9 Å². The highest BCUT2D eigenvalue weighted by molar-refractivity contribution is 6.32. The Morgan fingerprint density at radius 1 is 1.25 bits per heavy atom. The molecule has 1 heterocycles. The van der Waals surface area contributed by atoms with E-state index in [9.17, 15) is 9.59 Å². The molecule has 0 aromatic heterocycles. The van der Waals surface area contributed by atoms with Crippen molar-refractivity contribution >= 4 is 11.6 Å². The number of Topliss-reactive ketones (excluding diaryl/α,β-unsaturated/α-hetero) is 2. The van der Waals surface area contributed by atoms with Crippen molar-refractivity contribution in [2.75, 3.05) is 6.61 Å². The summed E-state index contributed by atoms with van der Waals surface area (Å²) in [7, 11) is 0. The maximum Gasteiger partial charge on any atom is 0.203 e. The second kappa shape index (κ2) is 4.65. The van der Waals surface area contributed by atoms with Gasteiger partial charge in [0.05, 0.1) is 0 Å². The minimum absolute atomic E-state index is 0.258. The van der Waals surface area contributed by atoms with Crippen molar-refractivity contribution in [1.82, 2.24) is 0 Å². The first kappa shape index (κ1) is 13.2. The van der Waals surface area contributed by atoms with Crippen molar-refractivity contribution in [3.05, 3.63) is 47.0 Å². The zero-order chi connectivity index (χ0) is 14.3. The Labute approximate surface area is 117 Å². The van der Waals surface area contributed by atoms with Gasteiger partial charge in [0, 0.05) is 24.2 Å². The molecule has 0 amide bonds. The number of ketones is 2. The molecule has 0 saturated carbocycles. The van der Waals surface area contributed by atoms with Crippen LogP contribution < -0.4 is 0 Å². The summed E-state index contributed by atoms with van der Waals surface area (Å²) in [5.41, 5.74) is 0.360. The van der Waals surface area contributed by atoms with E-state index in [1.807, 2.05) is 19.9 Å². The van der Waals surface area contributed by atoms with Crippen LogP contribution in [0, 0.1) is 0 Å². The van der Waals surface area contributed by atoms with Gasteiger partial charge in [0.1, 0.15) is 0 Å². The van der Waals surface area contributed by atoms with Crippen molar-refractivity contribution in [3.63, 3.8) is 0 Å². The number of benzene rings is 1. The highest BCUT2D eigenvalue weighted by Gasteiger charge is 2.56. The Morgan fingerprint density at radius 2 is 1.85 bits per heavy atom. The van der Waals surface area contributed by atoms with Crippen molar-refractivity contribution in [2.45, 2.75) is 32.2 Å². The summed E-state index contributed by atoms with van der Waals surface area (Å²) in [6.07, 6.45) is 1.51. The molecule has 1 unspecified atom stereocenters. The Morgan fingerprint density at radius 3 is 2.40 bits per heavy atom. The molecule has 0 radical (unpaired) electrons. The summed E-state index contributed by atoms with van der Waals surface area (Å²) in [6.45, 7) is 4.19. The molecule has 1 aromatic carbocycles. The van der Waals surface area contributed by atoms with Crippen molar-refractivity contribution in [3.8, 4) is 0 Å². The molecule has 3 rings (SSSR count). The molecule has 4 nitrogen and oxygen atoms in total. The lowest BCUT2D eigenvalue weighted by atomic mass is 9.90. The van der Waals surface area contributed by atoms with Gasteiger partial charge in [-0.15, -0.1) is 0 Å². The quantitative estimate of drug-likeness (QED) is 0.613. The molecule has 1 atom stereocenters. The first-order valence-corrected chi connectivity index (χ1v) is 6.75. The average molecular weight is 272 g/mol. The predicted octanol–water partition coefficient (Wildman–Crippen LogP) is 2.53. The van der Waals surface area contributed by atoms with Gasteiger partial charge < -0.3 is 9.47 Å². The van der Waals surface area contributed by atoms with Crippen LogP contribution in [0.15, 0.2) is 35.9 Å². The van der Waals surface area contributed by atoms with Gasteiger partial charge >= 0.3 is 0 Å². The van der Waals surface area contributed by atoms with E-state index in [1.165, 1.54) is 0 Å². The molecule has 0 N–H and O–H groups in total. The number of hydrogen-bond donors (Lipinski definition) is 0. The van der Waals surface area contributed by atoms with Crippen LogP contribution in [0.3, 0.4) is 0 Å². The van der Waals surface area contributed by atoms with E-state index in [1.54, 1.807) is 24.3 Å². The highest BCUT2D eigenvalue weighted by atomic mass is 16.7. The van der Waals surface area contributed by atoms with E-state index in [-0.39, 0.29) is 18.0 Å². The lowest BCUT2D eigenvalue weighted by Crippen LogP contribution is -2.49. The van der Waals surface area contributed by atoms with Gasteiger partial charge in [-0.1, -0.05) is 30.3 Å². The van der Waals surface area contributed by atoms with E-state index >= 15 is 0 Å².